The highest BCUT2D eigenvalue weighted by molar-refractivity contribution is 5.13. The Hall–Kier alpha value is -0.0800. The van der Waals surface area contributed by atoms with Crippen molar-refractivity contribution >= 4 is 0 Å². The molecule has 1 unspecified atom stereocenters. The summed E-state index contributed by atoms with van der Waals surface area (Å²) in [5, 5.41) is 12.7. The Labute approximate surface area is 93.5 Å². The maximum absolute atomic E-state index is 9.12. The van der Waals surface area contributed by atoms with Gasteiger partial charge in [-0.05, 0) is 42.9 Å². The molecular formula is C13H25NO. The minimum Gasteiger partial charge on any atom is -0.395 e. The topological polar surface area (TPSA) is 32.3 Å². The zero-order valence-electron chi connectivity index (χ0n) is 10.5. The van der Waals surface area contributed by atoms with Crippen molar-refractivity contribution in [1.29, 1.82) is 0 Å². The fourth-order valence-electron chi connectivity index (χ4n) is 3.85. The zero-order chi connectivity index (χ0) is 11.3. The lowest BCUT2D eigenvalue weighted by Gasteiger charge is -2.40. The summed E-state index contributed by atoms with van der Waals surface area (Å²) in [4.78, 5) is 0. The molecule has 0 aromatic rings. The molecule has 2 aliphatic rings. The first kappa shape index (κ1) is 11.4. The van der Waals surface area contributed by atoms with Gasteiger partial charge >= 0.3 is 0 Å². The SMILES string of the molecule is C[C@@H](CO)NC1C[C@@H]2CC[C@@]1(C)C2(C)C. The minimum absolute atomic E-state index is 0.238. The first-order valence-electron chi connectivity index (χ1n) is 6.28. The van der Waals surface area contributed by atoms with E-state index in [-0.39, 0.29) is 12.6 Å². The van der Waals surface area contributed by atoms with Crippen LogP contribution in [0.4, 0.5) is 0 Å². The monoisotopic (exact) mass is 211 g/mol. The lowest BCUT2D eigenvalue weighted by atomic mass is 9.69. The molecule has 2 bridgehead atoms. The fourth-order valence-corrected chi connectivity index (χ4v) is 3.85. The van der Waals surface area contributed by atoms with Gasteiger partial charge in [-0.15, -0.1) is 0 Å². The Kier molecular flexibility index (Phi) is 2.63. The summed E-state index contributed by atoms with van der Waals surface area (Å²) in [5.74, 6) is 0.880. The highest BCUT2D eigenvalue weighted by Crippen LogP contribution is 2.65. The second-order valence-corrected chi connectivity index (χ2v) is 6.41. The zero-order valence-corrected chi connectivity index (χ0v) is 10.5. The maximum Gasteiger partial charge on any atom is 0.0582 e. The number of hydrogen-bond acceptors (Lipinski definition) is 2. The molecular weight excluding hydrogens is 186 g/mol. The van der Waals surface area contributed by atoms with Gasteiger partial charge in [-0.25, -0.2) is 0 Å². The molecule has 0 amide bonds. The van der Waals surface area contributed by atoms with Crippen LogP contribution in [0.5, 0.6) is 0 Å². The van der Waals surface area contributed by atoms with Gasteiger partial charge in [-0.2, -0.15) is 0 Å². The molecule has 0 aromatic heterocycles. The Morgan fingerprint density at radius 2 is 2.07 bits per heavy atom. The normalized spacial score (nSPS) is 44.6. The summed E-state index contributed by atoms with van der Waals surface area (Å²) in [7, 11) is 0. The molecule has 0 heterocycles. The van der Waals surface area contributed by atoms with Gasteiger partial charge in [-0.3, -0.25) is 0 Å². The van der Waals surface area contributed by atoms with Crippen LogP contribution in [-0.4, -0.2) is 23.8 Å². The van der Waals surface area contributed by atoms with Crippen LogP contribution in [0, 0.1) is 16.7 Å². The average molecular weight is 211 g/mol. The van der Waals surface area contributed by atoms with Crippen molar-refractivity contribution in [1.82, 2.24) is 5.32 Å². The molecule has 0 aromatic carbocycles. The molecule has 0 saturated heterocycles. The van der Waals surface area contributed by atoms with E-state index in [4.69, 9.17) is 5.11 Å². The van der Waals surface area contributed by atoms with Crippen molar-refractivity contribution in [3.8, 4) is 0 Å². The predicted molar refractivity (Wildman–Crippen MR) is 62.7 cm³/mol. The molecule has 15 heavy (non-hydrogen) atoms. The van der Waals surface area contributed by atoms with E-state index in [0.717, 1.165) is 5.92 Å². The van der Waals surface area contributed by atoms with Crippen LogP contribution in [0.1, 0.15) is 47.0 Å². The maximum atomic E-state index is 9.12. The summed E-state index contributed by atoms with van der Waals surface area (Å²) in [5.41, 5.74) is 0.904. The number of aliphatic hydroxyl groups is 1. The van der Waals surface area contributed by atoms with Gasteiger partial charge in [0.05, 0.1) is 6.61 Å². The molecule has 2 heteroatoms. The summed E-state index contributed by atoms with van der Waals surface area (Å²) in [6.45, 7) is 9.60. The number of nitrogens with one attached hydrogen (secondary N) is 1. The van der Waals surface area contributed by atoms with E-state index in [0.29, 0.717) is 16.9 Å². The Balaban J connectivity index is 2.12. The molecule has 2 saturated carbocycles. The molecule has 2 nitrogen and oxygen atoms in total. The molecule has 0 radical (unpaired) electrons. The largest absolute Gasteiger partial charge is 0.395 e. The smallest absolute Gasteiger partial charge is 0.0582 e. The lowest BCUT2D eigenvalue weighted by Crippen LogP contribution is -2.48. The molecule has 0 aliphatic heterocycles. The summed E-state index contributed by atoms with van der Waals surface area (Å²) in [6.07, 6.45) is 4.05. The number of fused-ring (bicyclic) bond motifs is 2. The van der Waals surface area contributed by atoms with E-state index in [2.05, 4.69) is 33.0 Å². The highest BCUT2D eigenvalue weighted by atomic mass is 16.3. The molecule has 2 N–H and O–H groups in total. The number of aliphatic hydroxyl groups excluding tert-OH is 1. The molecule has 2 aliphatic carbocycles. The first-order chi connectivity index (χ1) is 6.91. The van der Waals surface area contributed by atoms with Crippen LogP contribution in [0.3, 0.4) is 0 Å². The Bertz CT molecular complexity index is 251. The minimum atomic E-state index is 0.238. The van der Waals surface area contributed by atoms with Crippen molar-refractivity contribution in [3.05, 3.63) is 0 Å². The third-order valence-electron chi connectivity index (χ3n) is 5.55. The van der Waals surface area contributed by atoms with Crippen LogP contribution in [0.2, 0.25) is 0 Å². The van der Waals surface area contributed by atoms with E-state index in [1.807, 2.05) is 0 Å². The van der Waals surface area contributed by atoms with Crippen molar-refractivity contribution in [3.63, 3.8) is 0 Å². The third kappa shape index (κ3) is 1.45. The third-order valence-corrected chi connectivity index (χ3v) is 5.55. The quantitative estimate of drug-likeness (QED) is 0.750. The first-order valence-corrected chi connectivity index (χ1v) is 6.28. The van der Waals surface area contributed by atoms with Gasteiger partial charge in [0.25, 0.3) is 0 Å². The van der Waals surface area contributed by atoms with Gasteiger partial charge < -0.3 is 10.4 Å². The fraction of sp³-hybridized carbons (Fsp3) is 1.00. The van der Waals surface area contributed by atoms with Crippen LogP contribution in [-0.2, 0) is 0 Å². The van der Waals surface area contributed by atoms with E-state index < -0.39 is 0 Å². The van der Waals surface area contributed by atoms with Gasteiger partial charge in [0, 0.05) is 12.1 Å². The van der Waals surface area contributed by atoms with Crippen LogP contribution < -0.4 is 5.32 Å². The van der Waals surface area contributed by atoms with Crippen molar-refractivity contribution in [2.24, 2.45) is 16.7 Å². The number of rotatable bonds is 3. The lowest BCUT2D eigenvalue weighted by molar-refractivity contribution is 0.109. The molecule has 0 spiro atoms. The van der Waals surface area contributed by atoms with E-state index in [1.54, 1.807) is 0 Å². The molecule has 2 fully saturated rings. The Morgan fingerprint density at radius 1 is 1.40 bits per heavy atom. The Morgan fingerprint density at radius 3 is 2.47 bits per heavy atom. The van der Waals surface area contributed by atoms with E-state index in [1.165, 1.54) is 19.3 Å². The average Bonchev–Trinajstić information content (AvgIpc) is 2.50. The molecule has 2 rings (SSSR count). The summed E-state index contributed by atoms with van der Waals surface area (Å²) >= 11 is 0. The highest BCUT2D eigenvalue weighted by Gasteiger charge is 2.61. The van der Waals surface area contributed by atoms with Crippen molar-refractivity contribution < 1.29 is 5.11 Å². The van der Waals surface area contributed by atoms with E-state index >= 15 is 0 Å². The van der Waals surface area contributed by atoms with Crippen LogP contribution in [0.15, 0.2) is 0 Å². The predicted octanol–water partition coefficient (Wildman–Crippen LogP) is 2.17. The second-order valence-electron chi connectivity index (χ2n) is 6.41. The van der Waals surface area contributed by atoms with Gasteiger partial charge in [-0.1, -0.05) is 20.8 Å². The van der Waals surface area contributed by atoms with Crippen molar-refractivity contribution in [2.75, 3.05) is 6.61 Å². The van der Waals surface area contributed by atoms with Gasteiger partial charge in [0.1, 0.15) is 0 Å². The second kappa shape index (κ2) is 3.46. The van der Waals surface area contributed by atoms with E-state index in [9.17, 15) is 0 Å². The number of hydrogen-bond donors (Lipinski definition) is 2. The molecule has 88 valence electrons. The summed E-state index contributed by atoms with van der Waals surface area (Å²) < 4.78 is 0. The standard InChI is InChI=1S/C13H25NO/c1-9(8-15)14-11-7-10-5-6-13(11,4)12(10,2)3/h9-11,14-15H,5-8H2,1-4H3/t9-,10-,11?,13+/m0/s1. The van der Waals surface area contributed by atoms with Crippen molar-refractivity contribution in [2.45, 2.75) is 59.0 Å². The molecule has 4 atom stereocenters. The van der Waals surface area contributed by atoms with Gasteiger partial charge in [0.15, 0.2) is 0 Å². The summed E-state index contributed by atoms with van der Waals surface area (Å²) in [6, 6.07) is 0.843. The van der Waals surface area contributed by atoms with Crippen LogP contribution in [0.25, 0.3) is 0 Å². The van der Waals surface area contributed by atoms with Gasteiger partial charge in [0.2, 0.25) is 0 Å². The van der Waals surface area contributed by atoms with Crippen LogP contribution >= 0.6 is 0 Å².